The van der Waals surface area contributed by atoms with Crippen LogP contribution in [0.4, 0.5) is 8.78 Å². The molecule has 4 nitrogen and oxygen atoms in total. The normalized spacial score (nSPS) is 15.7. The quantitative estimate of drug-likeness (QED) is 0.854. The van der Waals surface area contributed by atoms with Crippen LogP contribution in [0.25, 0.3) is 10.6 Å². The van der Waals surface area contributed by atoms with Gasteiger partial charge in [0, 0.05) is 18.7 Å². The third-order valence-corrected chi connectivity index (χ3v) is 5.76. The molecule has 1 fully saturated rings. The van der Waals surface area contributed by atoms with Crippen molar-refractivity contribution in [2.24, 2.45) is 0 Å². The number of aromatic nitrogens is 1. The van der Waals surface area contributed by atoms with Crippen molar-refractivity contribution in [2.75, 3.05) is 26.2 Å². The van der Waals surface area contributed by atoms with Gasteiger partial charge in [0.25, 0.3) is 5.91 Å². The average Bonchev–Trinajstić information content (AvgIpc) is 2.82. The molecular weight excluding hydrogens is 356 g/mol. The standard InChI is InChI=1S/C19H23F2N3OS/c1-13-17(18(25)22-8-11-24-9-4-2-3-5-10-24)26-19(23-13)15-12-14(20)6-7-16(15)21/h6-7,12H,2-5,8-11H2,1H3,(H,22,25). The zero-order valence-electron chi connectivity index (χ0n) is 14.9. The Morgan fingerprint density at radius 3 is 2.69 bits per heavy atom. The highest BCUT2D eigenvalue weighted by Crippen LogP contribution is 2.30. The van der Waals surface area contributed by atoms with Gasteiger partial charge in [-0.2, -0.15) is 0 Å². The van der Waals surface area contributed by atoms with Crippen molar-refractivity contribution in [3.63, 3.8) is 0 Å². The number of aryl methyl sites for hydroxylation is 1. The van der Waals surface area contributed by atoms with Crippen LogP contribution in [0.1, 0.15) is 41.0 Å². The fourth-order valence-corrected chi connectivity index (χ4v) is 4.15. The van der Waals surface area contributed by atoms with Crippen LogP contribution < -0.4 is 5.32 Å². The van der Waals surface area contributed by atoms with Crippen LogP contribution in [0, 0.1) is 18.6 Å². The number of amides is 1. The highest BCUT2D eigenvalue weighted by Gasteiger charge is 2.18. The minimum Gasteiger partial charge on any atom is -0.350 e. The molecule has 0 radical (unpaired) electrons. The van der Waals surface area contributed by atoms with E-state index in [2.05, 4.69) is 15.2 Å². The van der Waals surface area contributed by atoms with Crippen molar-refractivity contribution in [2.45, 2.75) is 32.6 Å². The van der Waals surface area contributed by atoms with E-state index in [1.807, 2.05) is 0 Å². The fraction of sp³-hybridized carbons (Fsp3) is 0.474. The van der Waals surface area contributed by atoms with Gasteiger partial charge in [-0.1, -0.05) is 12.8 Å². The lowest BCUT2D eigenvalue weighted by Crippen LogP contribution is -2.35. The molecule has 7 heteroatoms. The Hall–Kier alpha value is -1.86. The second kappa shape index (κ2) is 8.68. The number of hydrogen-bond acceptors (Lipinski definition) is 4. The average molecular weight is 379 g/mol. The molecule has 2 heterocycles. The van der Waals surface area contributed by atoms with Crippen LogP contribution in [-0.2, 0) is 0 Å². The van der Waals surface area contributed by atoms with E-state index in [4.69, 9.17) is 0 Å². The van der Waals surface area contributed by atoms with Gasteiger partial charge in [-0.05, 0) is 51.1 Å². The first-order valence-electron chi connectivity index (χ1n) is 8.98. The lowest BCUT2D eigenvalue weighted by Gasteiger charge is -2.19. The molecule has 1 aromatic carbocycles. The zero-order chi connectivity index (χ0) is 18.5. The van der Waals surface area contributed by atoms with Crippen molar-refractivity contribution in [3.8, 4) is 10.6 Å². The molecule has 1 aliphatic heterocycles. The second-order valence-electron chi connectivity index (χ2n) is 6.57. The summed E-state index contributed by atoms with van der Waals surface area (Å²) in [6.07, 6.45) is 4.99. The molecule has 0 bridgehead atoms. The Kier molecular flexibility index (Phi) is 6.32. The molecule has 3 rings (SSSR count). The van der Waals surface area contributed by atoms with Crippen LogP contribution >= 0.6 is 11.3 Å². The van der Waals surface area contributed by atoms with Gasteiger partial charge < -0.3 is 10.2 Å². The predicted octanol–water partition coefficient (Wildman–Crippen LogP) is 4.00. The fourth-order valence-electron chi connectivity index (χ4n) is 3.15. The first-order valence-corrected chi connectivity index (χ1v) is 9.79. The number of carbonyl (C=O) groups is 1. The molecule has 1 aliphatic rings. The predicted molar refractivity (Wildman–Crippen MR) is 99.4 cm³/mol. The zero-order valence-corrected chi connectivity index (χ0v) is 15.7. The Morgan fingerprint density at radius 1 is 1.23 bits per heavy atom. The van der Waals surface area contributed by atoms with E-state index in [9.17, 15) is 13.6 Å². The first-order chi connectivity index (χ1) is 12.5. The van der Waals surface area contributed by atoms with Crippen LogP contribution in [0.2, 0.25) is 0 Å². The number of rotatable bonds is 5. The minimum absolute atomic E-state index is 0.0849. The Bertz CT molecular complexity index is 770. The molecular formula is C19H23F2N3OS. The summed E-state index contributed by atoms with van der Waals surface area (Å²) in [5.74, 6) is -1.29. The molecule has 26 heavy (non-hydrogen) atoms. The number of halogens is 2. The van der Waals surface area contributed by atoms with Crippen molar-refractivity contribution in [1.29, 1.82) is 0 Å². The topological polar surface area (TPSA) is 45.2 Å². The van der Waals surface area contributed by atoms with E-state index in [0.717, 1.165) is 49.2 Å². The number of thiazole rings is 1. The maximum atomic E-state index is 13.9. The lowest BCUT2D eigenvalue weighted by atomic mass is 10.2. The van der Waals surface area contributed by atoms with Gasteiger partial charge in [-0.3, -0.25) is 4.79 Å². The third-order valence-electron chi connectivity index (χ3n) is 4.57. The Balaban J connectivity index is 1.63. The molecule has 1 amide bonds. The summed E-state index contributed by atoms with van der Waals surface area (Å²) >= 11 is 1.09. The first kappa shape index (κ1) is 18.9. The molecule has 2 aromatic rings. The summed E-state index contributed by atoms with van der Waals surface area (Å²) in [5, 5.41) is 3.24. The van der Waals surface area contributed by atoms with Crippen LogP contribution in [0.5, 0.6) is 0 Å². The largest absolute Gasteiger partial charge is 0.350 e. The van der Waals surface area contributed by atoms with Gasteiger partial charge in [-0.15, -0.1) is 11.3 Å². The maximum Gasteiger partial charge on any atom is 0.263 e. The molecule has 1 aromatic heterocycles. The van der Waals surface area contributed by atoms with Crippen LogP contribution in [0.15, 0.2) is 18.2 Å². The second-order valence-corrected chi connectivity index (χ2v) is 7.57. The summed E-state index contributed by atoms with van der Waals surface area (Å²) in [6, 6.07) is 3.24. The van der Waals surface area contributed by atoms with Crippen molar-refractivity contribution in [3.05, 3.63) is 40.4 Å². The monoisotopic (exact) mass is 379 g/mol. The number of carbonyl (C=O) groups excluding carboxylic acids is 1. The highest BCUT2D eigenvalue weighted by molar-refractivity contribution is 7.17. The van der Waals surface area contributed by atoms with Gasteiger partial charge in [0.15, 0.2) is 0 Å². The van der Waals surface area contributed by atoms with E-state index in [0.29, 0.717) is 22.1 Å². The van der Waals surface area contributed by atoms with E-state index in [-0.39, 0.29) is 11.5 Å². The molecule has 0 aliphatic carbocycles. The highest BCUT2D eigenvalue weighted by atomic mass is 32.1. The van der Waals surface area contributed by atoms with Crippen LogP contribution in [0.3, 0.4) is 0 Å². The van der Waals surface area contributed by atoms with Gasteiger partial charge in [0.2, 0.25) is 0 Å². The summed E-state index contributed by atoms with van der Waals surface area (Å²) in [4.78, 5) is 19.5. The molecule has 0 unspecified atom stereocenters. The smallest absolute Gasteiger partial charge is 0.263 e. The Labute approximate surface area is 156 Å². The van der Waals surface area contributed by atoms with Crippen molar-refractivity contribution in [1.82, 2.24) is 15.2 Å². The molecule has 1 saturated heterocycles. The molecule has 0 saturated carbocycles. The maximum absolute atomic E-state index is 13.9. The van der Waals surface area contributed by atoms with Gasteiger partial charge in [-0.25, -0.2) is 13.8 Å². The molecule has 1 N–H and O–H groups in total. The minimum atomic E-state index is -0.548. The van der Waals surface area contributed by atoms with E-state index >= 15 is 0 Å². The number of nitrogens with zero attached hydrogens (tertiary/aromatic N) is 2. The summed E-state index contributed by atoms with van der Waals surface area (Å²) in [7, 11) is 0. The number of likely N-dealkylation sites (tertiary alicyclic amines) is 1. The van der Waals surface area contributed by atoms with Crippen molar-refractivity contribution < 1.29 is 13.6 Å². The Morgan fingerprint density at radius 2 is 1.96 bits per heavy atom. The molecule has 0 atom stereocenters. The van der Waals surface area contributed by atoms with Crippen LogP contribution in [-0.4, -0.2) is 42.0 Å². The van der Waals surface area contributed by atoms with Gasteiger partial charge in [0.05, 0.1) is 5.69 Å². The summed E-state index contributed by atoms with van der Waals surface area (Å²) in [5.41, 5.74) is 0.614. The number of nitrogens with one attached hydrogen (secondary N) is 1. The van der Waals surface area contributed by atoms with Gasteiger partial charge in [0.1, 0.15) is 21.5 Å². The molecule has 0 spiro atoms. The van der Waals surface area contributed by atoms with E-state index in [1.165, 1.54) is 25.7 Å². The lowest BCUT2D eigenvalue weighted by molar-refractivity contribution is 0.0951. The van der Waals surface area contributed by atoms with Gasteiger partial charge >= 0.3 is 0 Å². The van der Waals surface area contributed by atoms with Crippen molar-refractivity contribution >= 4 is 17.2 Å². The number of hydrogen-bond donors (Lipinski definition) is 1. The van der Waals surface area contributed by atoms with E-state index in [1.54, 1.807) is 6.92 Å². The third kappa shape index (κ3) is 4.65. The number of benzene rings is 1. The summed E-state index contributed by atoms with van der Waals surface area (Å²) < 4.78 is 27.3. The SMILES string of the molecule is Cc1nc(-c2cc(F)ccc2F)sc1C(=O)NCCN1CCCCCC1. The van der Waals surface area contributed by atoms with E-state index < -0.39 is 11.6 Å². The molecule has 140 valence electrons. The summed E-state index contributed by atoms with van der Waals surface area (Å²) in [6.45, 7) is 5.27.